The molecule has 0 rings (SSSR count). The zero-order valence-corrected chi connectivity index (χ0v) is 6.37. The summed E-state index contributed by atoms with van der Waals surface area (Å²) in [5.74, 6) is 0. The lowest BCUT2D eigenvalue weighted by molar-refractivity contribution is -0.131. The van der Waals surface area contributed by atoms with Crippen LogP contribution in [0.5, 0.6) is 0 Å². The second-order valence-electron chi connectivity index (χ2n) is 2.22. The number of oxime groups is 1. The van der Waals surface area contributed by atoms with Gasteiger partial charge in [0.25, 0.3) is 0 Å². The van der Waals surface area contributed by atoms with Crippen LogP contribution in [0.3, 0.4) is 0 Å². The Morgan fingerprint density at radius 3 is 2.22 bits per heavy atom. The summed E-state index contributed by atoms with van der Waals surface area (Å²) in [5, 5.41) is 6.05. The third kappa shape index (κ3) is 3.30. The van der Waals surface area contributed by atoms with Crippen LogP contribution in [0.1, 0.15) is 20.8 Å². The molecule has 0 aromatic carbocycles. The number of rotatable bonds is 2. The summed E-state index contributed by atoms with van der Waals surface area (Å²) in [5.41, 5.74) is 0.409. The first-order valence-electron chi connectivity index (χ1n) is 2.50. The maximum atomic E-state index is 11.0. The summed E-state index contributed by atoms with van der Waals surface area (Å²) in [4.78, 5) is -0.633. The van der Waals surface area contributed by atoms with Gasteiger partial charge in [-0.3, -0.25) is 0 Å². The van der Waals surface area contributed by atoms with Gasteiger partial charge in [-0.25, -0.2) is 0 Å². The smallest absolute Gasteiger partial charge is 0.0802 e. The molecule has 0 radical (unpaired) electrons. The molecule has 0 aliphatic carbocycles. The molecule has 0 heterocycles. The summed E-state index contributed by atoms with van der Waals surface area (Å²) >= 11 is 5.68. The highest BCUT2D eigenvalue weighted by molar-refractivity contribution is 6.35. The summed E-state index contributed by atoms with van der Waals surface area (Å²) < 4.78 is 11.0. The highest BCUT2D eigenvalue weighted by Gasteiger charge is 2.17. The third-order valence-electron chi connectivity index (χ3n) is 1.03. The minimum atomic E-state index is -0.633. The summed E-state index contributed by atoms with van der Waals surface area (Å²) in [6.07, 6.45) is 0. The average molecular weight is 154 g/mol. The molecule has 0 fully saturated rings. The maximum Gasteiger partial charge on any atom is 0.0802 e. The monoisotopic (exact) mass is 153 g/mol. The van der Waals surface area contributed by atoms with Gasteiger partial charge < -0.3 is 0 Å². The minimum Gasteiger partial charge on any atom is -0.174 e. The second-order valence-corrected chi connectivity index (χ2v) is 3.16. The van der Waals surface area contributed by atoms with Crippen molar-refractivity contribution >= 4 is 17.3 Å². The summed E-state index contributed by atoms with van der Waals surface area (Å²) in [6, 6.07) is 0. The molecule has 0 aliphatic rings. The molecule has 0 aromatic rings. The molecule has 0 N–H and O–H groups in total. The van der Waals surface area contributed by atoms with E-state index in [4.69, 9.17) is 11.6 Å². The van der Waals surface area contributed by atoms with Crippen LogP contribution in [0.25, 0.3) is 0 Å². The zero-order chi connectivity index (χ0) is 7.49. The lowest BCUT2D eigenvalue weighted by atomic mass is 10.1. The van der Waals surface area contributed by atoms with E-state index in [0.717, 1.165) is 0 Å². The Kier molecular flexibility index (Phi) is 2.91. The van der Waals surface area contributed by atoms with Crippen molar-refractivity contribution in [3.63, 3.8) is 0 Å². The van der Waals surface area contributed by atoms with Crippen molar-refractivity contribution in [3.8, 4) is 0 Å². The first kappa shape index (κ1) is 8.69. The molecule has 9 heavy (non-hydrogen) atoms. The van der Waals surface area contributed by atoms with Crippen LogP contribution in [-0.2, 0) is 5.04 Å². The average Bonchev–Trinajstić information content (AvgIpc) is 1.64. The van der Waals surface area contributed by atoms with Crippen LogP contribution in [-0.4, -0.2) is 10.6 Å². The molecule has 0 saturated carbocycles. The minimum absolute atomic E-state index is 0.409. The normalized spacial score (nSPS) is 13.7. The molecule has 0 saturated heterocycles. The van der Waals surface area contributed by atoms with E-state index in [1.54, 1.807) is 20.8 Å². The highest BCUT2D eigenvalue weighted by atomic mass is 35.5. The topological polar surface area (TPSA) is 21.6 Å². The summed E-state index contributed by atoms with van der Waals surface area (Å²) in [7, 11) is 0. The van der Waals surface area contributed by atoms with Gasteiger partial charge in [0.2, 0.25) is 0 Å². The van der Waals surface area contributed by atoms with E-state index in [0.29, 0.717) is 5.71 Å². The van der Waals surface area contributed by atoms with E-state index in [1.807, 2.05) is 0 Å². The van der Waals surface area contributed by atoms with Crippen molar-refractivity contribution < 1.29 is 9.57 Å². The molecule has 0 atom stereocenters. The molecular weight excluding hydrogens is 145 g/mol. The first-order chi connectivity index (χ1) is 3.98. The molecule has 0 amide bonds. The molecule has 54 valence electrons. The standard InChI is InChI=1S/C5H9ClFNO/c1-4(8-9-7)5(2,3)6/h1-3H3/b8-4+. The first-order valence-corrected chi connectivity index (χ1v) is 2.88. The Morgan fingerprint density at radius 2 is 2.11 bits per heavy atom. The van der Waals surface area contributed by atoms with Gasteiger partial charge in [0, 0.05) is 4.53 Å². The predicted molar refractivity (Wildman–Crippen MR) is 35.2 cm³/mol. The van der Waals surface area contributed by atoms with E-state index in [-0.39, 0.29) is 0 Å². The molecule has 0 unspecified atom stereocenters. The Balaban J connectivity index is 4.03. The van der Waals surface area contributed by atoms with Gasteiger partial charge in [0.1, 0.15) is 0 Å². The summed E-state index contributed by atoms with van der Waals surface area (Å²) in [6.45, 7) is 4.99. The van der Waals surface area contributed by atoms with E-state index < -0.39 is 4.87 Å². The van der Waals surface area contributed by atoms with Crippen molar-refractivity contribution in [1.82, 2.24) is 0 Å². The predicted octanol–water partition coefficient (Wildman–Crippen LogP) is 2.28. The Hall–Kier alpha value is -0.310. The zero-order valence-electron chi connectivity index (χ0n) is 5.61. The van der Waals surface area contributed by atoms with Crippen molar-refractivity contribution in [1.29, 1.82) is 0 Å². The number of hydrogen-bond acceptors (Lipinski definition) is 2. The van der Waals surface area contributed by atoms with Crippen LogP contribution < -0.4 is 0 Å². The Labute approximate surface area is 58.5 Å². The molecular formula is C5H9ClFNO. The van der Waals surface area contributed by atoms with Crippen molar-refractivity contribution in [2.45, 2.75) is 25.6 Å². The van der Waals surface area contributed by atoms with E-state index in [9.17, 15) is 4.53 Å². The lowest BCUT2D eigenvalue weighted by Crippen LogP contribution is -2.21. The van der Waals surface area contributed by atoms with Crippen molar-refractivity contribution in [3.05, 3.63) is 0 Å². The maximum absolute atomic E-state index is 11.0. The quantitative estimate of drug-likeness (QED) is 0.339. The molecule has 4 heteroatoms. The molecule has 0 aliphatic heterocycles. The van der Waals surface area contributed by atoms with E-state index in [1.165, 1.54) is 0 Å². The van der Waals surface area contributed by atoms with E-state index in [2.05, 4.69) is 10.2 Å². The van der Waals surface area contributed by atoms with Gasteiger partial charge in [0.05, 0.1) is 10.6 Å². The molecule has 2 nitrogen and oxygen atoms in total. The SMILES string of the molecule is C/C(=N\OF)C(C)(C)Cl. The molecule has 0 aromatic heterocycles. The van der Waals surface area contributed by atoms with E-state index >= 15 is 0 Å². The molecule has 0 bridgehead atoms. The fourth-order valence-electron chi connectivity index (χ4n) is 0.160. The second kappa shape index (κ2) is 3.01. The lowest BCUT2D eigenvalue weighted by Gasteiger charge is -2.12. The Bertz CT molecular complexity index is 119. The number of alkyl halides is 1. The van der Waals surface area contributed by atoms with Crippen LogP contribution in [0.2, 0.25) is 0 Å². The van der Waals surface area contributed by atoms with Gasteiger partial charge in [-0.1, -0.05) is 0 Å². The van der Waals surface area contributed by atoms with Gasteiger partial charge in [-0.15, -0.1) is 11.6 Å². The number of hydrogen-bond donors (Lipinski definition) is 0. The van der Waals surface area contributed by atoms with Gasteiger partial charge in [-0.2, -0.15) is 5.04 Å². The largest absolute Gasteiger partial charge is 0.174 e. The van der Waals surface area contributed by atoms with Gasteiger partial charge in [-0.05, 0) is 25.9 Å². The third-order valence-corrected chi connectivity index (χ3v) is 1.31. The fraction of sp³-hybridized carbons (Fsp3) is 0.800. The number of nitrogens with zero attached hydrogens (tertiary/aromatic N) is 1. The highest BCUT2D eigenvalue weighted by Crippen LogP contribution is 2.14. The molecule has 0 spiro atoms. The van der Waals surface area contributed by atoms with Crippen molar-refractivity contribution in [2.75, 3.05) is 0 Å². The van der Waals surface area contributed by atoms with Gasteiger partial charge in [0.15, 0.2) is 0 Å². The van der Waals surface area contributed by atoms with Crippen molar-refractivity contribution in [2.24, 2.45) is 5.16 Å². The van der Waals surface area contributed by atoms with Crippen LogP contribution in [0.4, 0.5) is 4.53 Å². The Morgan fingerprint density at radius 1 is 1.67 bits per heavy atom. The fourth-order valence-corrected chi connectivity index (χ4v) is 0.195. The van der Waals surface area contributed by atoms with Crippen LogP contribution in [0.15, 0.2) is 5.16 Å². The van der Waals surface area contributed by atoms with Gasteiger partial charge >= 0.3 is 0 Å². The van der Waals surface area contributed by atoms with Crippen LogP contribution in [0, 0.1) is 0 Å². The number of halogens is 2. The van der Waals surface area contributed by atoms with Crippen LogP contribution >= 0.6 is 11.6 Å².